The van der Waals surface area contributed by atoms with Crippen molar-refractivity contribution >= 4 is 29.6 Å². The van der Waals surface area contributed by atoms with E-state index in [1.165, 1.54) is 22.7 Å². The molecule has 150 valence electrons. The van der Waals surface area contributed by atoms with E-state index in [-0.39, 0.29) is 13.2 Å². The number of fused-ring (bicyclic) bond motifs is 1. The maximum atomic E-state index is 12.7. The molecule has 0 saturated carbocycles. The second-order valence-electron chi connectivity index (χ2n) is 7.24. The molecule has 0 aliphatic carbocycles. The fourth-order valence-electron chi connectivity index (χ4n) is 3.49. The molecular weight excluding hydrogens is 382 g/mol. The highest BCUT2D eigenvalue weighted by Gasteiger charge is 2.66. The summed E-state index contributed by atoms with van der Waals surface area (Å²) in [6, 6.07) is 8.49. The van der Waals surface area contributed by atoms with E-state index >= 15 is 0 Å². The number of hydrogen-bond donors (Lipinski definition) is 1. The summed E-state index contributed by atoms with van der Waals surface area (Å²) in [4.78, 5) is 38.7. The van der Waals surface area contributed by atoms with Crippen molar-refractivity contribution in [2.24, 2.45) is 5.92 Å². The lowest BCUT2D eigenvalue weighted by Crippen LogP contribution is -2.66. The Balaban J connectivity index is 1.68. The lowest BCUT2D eigenvalue weighted by molar-refractivity contribution is -0.178. The summed E-state index contributed by atoms with van der Waals surface area (Å²) in [6.45, 7) is 7.20. The molecule has 0 spiro atoms. The summed E-state index contributed by atoms with van der Waals surface area (Å²) >= 11 is 1.37. The molecule has 28 heavy (non-hydrogen) atoms. The number of benzene rings is 1. The van der Waals surface area contributed by atoms with Crippen LogP contribution >= 0.6 is 11.8 Å². The van der Waals surface area contributed by atoms with Gasteiger partial charge in [-0.15, -0.1) is 11.8 Å². The molecule has 2 aliphatic heterocycles. The number of carbonyl (C=O) groups excluding carboxylic acids is 3. The lowest BCUT2D eigenvalue weighted by Gasteiger charge is -2.45. The minimum atomic E-state index is -1.57. The van der Waals surface area contributed by atoms with E-state index in [0.29, 0.717) is 0 Å². The highest BCUT2D eigenvalue weighted by atomic mass is 32.2. The molecular formula is C20H23NO6S. The van der Waals surface area contributed by atoms with Gasteiger partial charge in [0.05, 0.1) is 5.37 Å². The van der Waals surface area contributed by atoms with Gasteiger partial charge >= 0.3 is 11.9 Å². The van der Waals surface area contributed by atoms with Gasteiger partial charge in [-0.25, -0.2) is 9.59 Å². The van der Waals surface area contributed by atoms with Crippen LogP contribution in [0.15, 0.2) is 43.0 Å². The summed E-state index contributed by atoms with van der Waals surface area (Å²) in [5, 5.41) is 9.76. The third-order valence-electron chi connectivity index (χ3n) is 4.85. The van der Waals surface area contributed by atoms with Crippen LogP contribution in [0, 0.1) is 5.92 Å². The van der Waals surface area contributed by atoms with Crippen molar-refractivity contribution in [2.75, 3.05) is 6.61 Å². The minimum absolute atomic E-state index is 0.0434. The van der Waals surface area contributed by atoms with E-state index in [4.69, 9.17) is 9.47 Å². The second kappa shape index (κ2) is 7.97. The predicted molar refractivity (Wildman–Crippen MR) is 103 cm³/mol. The van der Waals surface area contributed by atoms with E-state index in [2.05, 4.69) is 6.58 Å². The number of carbonyl (C=O) groups is 3. The van der Waals surface area contributed by atoms with Crippen molar-refractivity contribution in [1.82, 2.24) is 4.90 Å². The average Bonchev–Trinajstić information content (AvgIpc) is 2.92. The van der Waals surface area contributed by atoms with Crippen molar-refractivity contribution in [3.63, 3.8) is 0 Å². The first-order valence-electron chi connectivity index (χ1n) is 8.94. The van der Waals surface area contributed by atoms with Crippen molar-refractivity contribution in [1.29, 1.82) is 0 Å². The normalized spacial score (nSPS) is 26.0. The summed E-state index contributed by atoms with van der Waals surface area (Å²) in [5.74, 6) is -2.76. The van der Waals surface area contributed by atoms with E-state index < -0.39 is 46.0 Å². The third-order valence-corrected chi connectivity index (χ3v) is 6.45. The van der Waals surface area contributed by atoms with E-state index in [0.717, 1.165) is 5.56 Å². The van der Waals surface area contributed by atoms with Gasteiger partial charge in [-0.05, 0) is 19.4 Å². The maximum absolute atomic E-state index is 12.7. The molecule has 3 rings (SSSR count). The first-order chi connectivity index (χ1) is 13.3. The number of thioether (sulfide) groups is 1. The molecule has 2 fully saturated rings. The van der Waals surface area contributed by atoms with Crippen LogP contribution in [0.3, 0.4) is 0 Å². The SMILES string of the molecule is C=CCOC(=O)[C@H](O)[C@@H]1C(=O)N2[C@@H]1SC(C)(C)[C@@H]2C(=O)OCc1ccccc1. The van der Waals surface area contributed by atoms with Gasteiger partial charge in [0.25, 0.3) is 0 Å². The molecule has 1 N–H and O–H groups in total. The first-order valence-corrected chi connectivity index (χ1v) is 9.82. The van der Waals surface area contributed by atoms with Crippen molar-refractivity contribution in [3.05, 3.63) is 48.6 Å². The van der Waals surface area contributed by atoms with Crippen LogP contribution in [0.2, 0.25) is 0 Å². The van der Waals surface area contributed by atoms with Crippen LogP contribution in [-0.2, 0) is 30.5 Å². The van der Waals surface area contributed by atoms with Gasteiger partial charge in [-0.1, -0.05) is 43.0 Å². The standard InChI is InChI=1S/C20H23NO6S/c1-4-10-26-18(24)14(22)13-16(23)21-15(20(2,3)28-17(13)21)19(25)27-11-12-8-6-5-7-9-12/h4-9,13-15,17,22H,1,10-11H2,2-3H3/t13-,14-,15+,17-/m1/s1. The zero-order chi connectivity index (χ0) is 20.5. The Bertz CT molecular complexity index is 780. The molecule has 2 aliphatic rings. The average molecular weight is 405 g/mol. The molecule has 7 nitrogen and oxygen atoms in total. The van der Waals surface area contributed by atoms with Crippen LogP contribution in [0.5, 0.6) is 0 Å². The maximum Gasteiger partial charge on any atom is 0.336 e. The fourth-order valence-corrected chi connectivity index (χ4v) is 5.21. The van der Waals surface area contributed by atoms with E-state index in [1.54, 1.807) is 0 Å². The number of ether oxygens (including phenoxy) is 2. The van der Waals surface area contributed by atoms with Crippen LogP contribution < -0.4 is 0 Å². The van der Waals surface area contributed by atoms with Gasteiger partial charge in [-0.2, -0.15) is 0 Å². The number of nitrogens with zero attached hydrogens (tertiary/aromatic N) is 1. The van der Waals surface area contributed by atoms with Gasteiger partial charge in [0.15, 0.2) is 6.10 Å². The number of rotatable bonds is 7. The third kappa shape index (κ3) is 3.66. The number of amides is 1. The Morgan fingerprint density at radius 3 is 2.64 bits per heavy atom. The Labute approximate surface area is 167 Å². The van der Waals surface area contributed by atoms with Gasteiger partial charge in [-0.3, -0.25) is 4.79 Å². The molecule has 2 heterocycles. The lowest BCUT2D eigenvalue weighted by atomic mass is 9.88. The van der Waals surface area contributed by atoms with E-state index in [1.807, 2.05) is 44.2 Å². The molecule has 0 aromatic heterocycles. The molecule has 8 heteroatoms. The number of aliphatic hydroxyl groups is 1. The van der Waals surface area contributed by atoms with Crippen LogP contribution in [0.4, 0.5) is 0 Å². The number of β-lactam (4-membered cyclic amide) rings is 1. The van der Waals surface area contributed by atoms with E-state index in [9.17, 15) is 19.5 Å². The molecule has 1 aromatic rings. The highest BCUT2D eigenvalue weighted by Crippen LogP contribution is 2.54. The smallest absolute Gasteiger partial charge is 0.336 e. The Morgan fingerprint density at radius 1 is 1.32 bits per heavy atom. The van der Waals surface area contributed by atoms with Gasteiger partial charge < -0.3 is 19.5 Å². The van der Waals surface area contributed by atoms with Crippen molar-refractivity contribution < 1.29 is 29.0 Å². The van der Waals surface area contributed by atoms with Crippen LogP contribution in [0.25, 0.3) is 0 Å². The highest BCUT2D eigenvalue weighted by molar-refractivity contribution is 8.01. The first kappa shape index (κ1) is 20.4. The van der Waals surface area contributed by atoms with Crippen molar-refractivity contribution in [3.8, 4) is 0 Å². The molecule has 4 atom stereocenters. The molecule has 1 aromatic carbocycles. The minimum Gasteiger partial charge on any atom is -0.460 e. The Morgan fingerprint density at radius 2 is 2.00 bits per heavy atom. The summed E-state index contributed by atoms with van der Waals surface area (Å²) < 4.78 is 9.66. The molecule has 0 radical (unpaired) electrons. The Hall–Kier alpha value is -2.32. The van der Waals surface area contributed by atoms with Gasteiger partial charge in [0, 0.05) is 4.75 Å². The number of hydrogen-bond acceptors (Lipinski definition) is 7. The Kier molecular flexibility index (Phi) is 5.81. The summed E-state index contributed by atoms with van der Waals surface area (Å²) in [5.41, 5.74) is 0.851. The summed E-state index contributed by atoms with van der Waals surface area (Å²) in [7, 11) is 0. The molecule has 1 amide bonds. The number of esters is 2. The molecule has 0 bridgehead atoms. The largest absolute Gasteiger partial charge is 0.460 e. The number of aliphatic hydroxyl groups excluding tert-OH is 1. The predicted octanol–water partition coefficient (Wildman–Crippen LogP) is 1.50. The van der Waals surface area contributed by atoms with Crippen molar-refractivity contribution in [2.45, 2.75) is 42.7 Å². The topological polar surface area (TPSA) is 93.1 Å². The van der Waals surface area contributed by atoms with Crippen LogP contribution in [-0.4, -0.2) is 56.7 Å². The zero-order valence-electron chi connectivity index (χ0n) is 15.7. The van der Waals surface area contributed by atoms with Crippen LogP contribution in [0.1, 0.15) is 19.4 Å². The quantitative estimate of drug-likeness (QED) is 0.417. The fraction of sp³-hybridized carbons (Fsp3) is 0.450. The summed E-state index contributed by atoms with van der Waals surface area (Å²) in [6.07, 6.45) is -0.192. The van der Waals surface area contributed by atoms with Gasteiger partial charge in [0.1, 0.15) is 25.2 Å². The van der Waals surface area contributed by atoms with Gasteiger partial charge in [0.2, 0.25) is 5.91 Å². The second-order valence-corrected chi connectivity index (χ2v) is 9.01. The molecule has 0 unspecified atom stereocenters. The monoisotopic (exact) mass is 405 g/mol. The molecule has 2 saturated heterocycles. The zero-order valence-corrected chi connectivity index (χ0v) is 16.6.